The predicted octanol–water partition coefficient (Wildman–Crippen LogP) is 3.21. The Balaban J connectivity index is 1.33. The number of H-pyrrole nitrogens is 1. The van der Waals surface area contributed by atoms with Crippen LogP contribution in [-0.2, 0) is 4.79 Å². The number of likely N-dealkylation sites (tertiary alicyclic amines) is 1. The first-order valence-corrected chi connectivity index (χ1v) is 12.1. The van der Waals surface area contributed by atoms with Crippen molar-refractivity contribution in [3.8, 4) is 17.1 Å². The monoisotopic (exact) mass is 527 g/mol. The highest BCUT2D eigenvalue weighted by atomic mass is 19.4. The highest BCUT2D eigenvalue weighted by Crippen LogP contribution is 2.41. The second-order valence-corrected chi connectivity index (χ2v) is 9.75. The molecule has 0 unspecified atom stereocenters. The van der Waals surface area contributed by atoms with E-state index in [0.29, 0.717) is 12.8 Å². The van der Waals surface area contributed by atoms with Crippen LogP contribution in [0.15, 0.2) is 18.3 Å². The van der Waals surface area contributed by atoms with Gasteiger partial charge >= 0.3 is 6.18 Å². The Morgan fingerprint density at radius 1 is 1.24 bits per heavy atom. The molecule has 0 bridgehead atoms. The Bertz CT molecular complexity index is 1150. The minimum absolute atomic E-state index is 0.0417. The summed E-state index contributed by atoms with van der Waals surface area (Å²) >= 11 is 0. The second kappa shape index (κ2) is 10.3. The fraction of sp³-hybridized carbons (Fsp3) is 0.583. The summed E-state index contributed by atoms with van der Waals surface area (Å²) in [6.45, 7) is 2.10. The second-order valence-electron chi connectivity index (χ2n) is 9.75. The number of halogens is 4. The van der Waals surface area contributed by atoms with Gasteiger partial charge in [0.1, 0.15) is 0 Å². The molecule has 2 fully saturated rings. The van der Waals surface area contributed by atoms with Crippen molar-refractivity contribution in [3.63, 3.8) is 0 Å². The molecule has 0 spiro atoms. The number of methoxy groups -OCH3 is 1. The number of hydrogen-bond donors (Lipinski definition) is 3. The van der Waals surface area contributed by atoms with Crippen molar-refractivity contribution < 1.29 is 37.0 Å². The Hall–Kier alpha value is -3.22. The van der Waals surface area contributed by atoms with Crippen LogP contribution < -0.4 is 10.1 Å². The number of alkyl halides is 3. The molecule has 202 valence electrons. The molecule has 1 saturated heterocycles. The first kappa shape index (κ1) is 26.8. The summed E-state index contributed by atoms with van der Waals surface area (Å²) in [5.74, 6) is -1.42. The number of amides is 2. The molecule has 3 N–H and O–H groups in total. The maximum atomic E-state index is 14.2. The quantitative estimate of drug-likeness (QED) is 0.514. The van der Waals surface area contributed by atoms with Crippen molar-refractivity contribution in [2.45, 2.75) is 69.3 Å². The number of piperidine rings is 1. The molecule has 1 aliphatic carbocycles. The molecule has 2 aromatic rings. The summed E-state index contributed by atoms with van der Waals surface area (Å²) in [7, 11) is 1.40. The van der Waals surface area contributed by atoms with E-state index in [1.165, 1.54) is 19.2 Å². The first-order chi connectivity index (χ1) is 17.4. The van der Waals surface area contributed by atoms with Crippen LogP contribution in [0.3, 0.4) is 0 Å². The summed E-state index contributed by atoms with van der Waals surface area (Å²) in [5.41, 5.74) is -2.17. The molecule has 1 aliphatic heterocycles. The maximum Gasteiger partial charge on any atom is 0.417 e. The highest BCUT2D eigenvalue weighted by molar-refractivity contribution is 5.94. The fourth-order valence-corrected chi connectivity index (χ4v) is 5.01. The standard InChI is InChI=1S/C24H29F4N5O4/c1-13-9-14(21(34)30-15-3-6-23(36,7-4-15)24(26,27)28)5-8-33(13)22(35)19-11-18(31-32-19)16-10-20(37-2)29-12-17(16)25/h10-15,36H,3-9H2,1-2H3,(H,30,34)(H,31,32)/t13-,14+,15?,23?/m1/s1. The Kier molecular flexibility index (Phi) is 7.45. The zero-order valence-electron chi connectivity index (χ0n) is 20.4. The summed E-state index contributed by atoms with van der Waals surface area (Å²) in [6.07, 6.45) is -3.73. The van der Waals surface area contributed by atoms with E-state index in [4.69, 9.17) is 4.74 Å². The molecule has 1 saturated carbocycles. The normalized spacial score (nSPS) is 26.6. The zero-order valence-corrected chi connectivity index (χ0v) is 20.4. The van der Waals surface area contributed by atoms with Gasteiger partial charge in [-0.3, -0.25) is 14.7 Å². The van der Waals surface area contributed by atoms with Crippen molar-refractivity contribution >= 4 is 11.8 Å². The van der Waals surface area contributed by atoms with Gasteiger partial charge in [-0.05, 0) is 51.5 Å². The van der Waals surface area contributed by atoms with E-state index < -0.39 is 42.4 Å². The molecule has 0 aromatic carbocycles. The highest BCUT2D eigenvalue weighted by Gasteiger charge is 2.54. The van der Waals surface area contributed by atoms with Crippen LogP contribution in [0.25, 0.3) is 11.3 Å². The fourth-order valence-electron chi connectivity index (χ4n) is 5.01. The van der Waals surface area contributed by atoms with Gasteiger partial charge < -0.3 is 20.1 Å². The van der Waals surface area contributed by atoms with Gasteiger partial charge in [-0.25, -0.2) is 9.37 Å². The van der Waals surface area contributed by atoms with E-state index in [1.54, 1.807) is 4.90 Å². The third kappa shape index (κ3) is 5.55. The lowest BCUT2D eigenvalue weighted by Gasteiger charge is -2.39. The predicted molar refractivity (Wildman–Crippen MR) is 123 cm³/mol. The zero-order chi connectivity index (χ0) is 27.0. The lowest BCUT2D eigenvalue weighted by Crippen LogP contribution is -2.53. The molecule has 2 aliphatic rings. The number of carbonyl (C=O) groups is 2. The van der Waals surface area contributed by atoms with Crippen molar-refractivity contribution in [1.82, 2.24) is 25.4 Å². The first-order valence-electron chi connectivity index (χ1n) is 12.1. The van der Waals surface area contributed by atoms with Crippen LogP contribution in [0.4, 0.5) is 17.6 Å². The van der Waals surface area contributed by atoms with Crippen LogP contribution in [0, 0.1) is 11.7 Å². The summed E-state index contributed by atoms with van der Waals surface area (Å²) in [6, 6.07) is 2.10. The molecule has 2 aromatic heterocycles. The minimum Gasteiger partial charge on any atom is -0.481 e. The topological polar surface area (TPSA) is 120 Å². The average Bonchev–Trinajstić information content (AvgIpc) is 3.35. The number of carbonyl (C=O) groups excluding carboxylic acids is 2. The average molecular weight is 528 g/mol. The van der Waals surface area contributed by atoms with Crippen LogP contribution in [0.5, 0.6) is 5.88 Å². The lowest BCUT2D eigenvalue weighted by atomic mass is 9.81. The maximum absolute atomic E-state index is 14.2. The van der Waals surface area contributed by atoms with Crippen LogP contribution in [0.1, 0.15) is 55.9 Å². The molecule has 4 rings (SSSR count). The van der Waals surface area contributed by atoms with Crippen LogP contribution >= 0.6 is 0 Å². The number of aromatic nitrogens is 3. The van der Waals surface area contributed by atoms with Gasteiger partial charge in [-0.2, -0.15) is 18.3 Å². The number of nitrogens with one attached hydrogen (secondary N) is 2. The van der Waals surface area contributed by atoms with Gasteiger partial charge in [0.15, 0.2) is 17.1 Å². The van der Waals surface area contributed by atoms with E-state index in [2.05, 4.69) is 20.5 Å². The number of pyridine rings is 1. The molecular formula is C24H29F4N5O4. The molecule has 13 heteroatoms. The number of ether oxygens (including phenoxy) is 1. The van der Waals surface area contributed by atoms with Gasteiger partial charge in [0, 0.05) is 36.2 Å². The van der Waals surface area contributed by atoms with Gasteiger partial charge in [-0.1, -0.05) is 0 Å². The molecule has 37 heavy (non-hydrogen) atoms. The lowest BCUT2D eigenvalue weighted by molar-refractivity contribution is -0.270. The van der Waals surface area contributed by atoms with E-state index in [-0.39, 0.29) is 60.1 Å². The van der Waals surface area contributed by atoms with E-state index in [9.17, 15) is 32.3 Å². The third-order valence-corrected chi connectivity index (χ3v) is 7.32. The van der Waals surface area contributed by atoms with Gasteiger partial charge in [-0.15, -0.1) is 0 Å². The van der Waals surface area contributed by atoms with Crippen molar-refractivity contribution in [2.24, 2.45) is 5.92 Å². The smallest absolute Gasteiger partial charge is 0.417 e. The van der Waals surface area contributed by atoms with Gasteiger partial charge in [0.2, 0.25) is 11.8 Å². The molecule has 0 radical (unpaired) electrons. The summed E-state index contributed by atoms with van der Waals surface area (Å²) < 4.78 is 58.3. The Labute approximate surface area is 210 Å². The molecular weight excluding hydrogens is 498 g/mol. The van der Waals surface area contributed by atoms with Gasteiger partial charge in [0.05, 0.1) is 19.0 Å². The summed E-state index contributed by atoms with van der Waals surface area (Å²) in [5, 5.41) is 19.3. The molecule has 3 heterocycles. The van der Waals surface area contributed by atoms with E-state index in [0.717, 1.165) is 6.20 Å². The van der Waals surface area contributed by atoms with Crippen molar-refractivity contribution in [3.05, 3.63) is 29.8 Å². The SMILES string of the molecule is COc1cc(-c2cc(C(=O)N3CC[C@H](C(=O)NC4CCC(O)(C(F)(F)F)CC4)C[C@H]3C)n[nH]2)c(F)cn1. The third-order valence-electron chi connectivity index (χ3n) is 7.32. The van der Waals surface area contributed by atoms with Crippen LogP contribution in [0.2, 0.25) is 0 Å². The number of aromatic amines is 1. The Morgan fingerprint density at radius 2 is 1.95 bits per heavy atom. The van der Waals surface area contributed by atoms with Gasteiger partial charge in [0.25, 0.3) is 5.91 Å². The number of nitrogens with zero attached hydrogens (tertiary/aromatic N) is 3. The molecule has 2 atom stereocenters. The molecule has 2 amide bonds. The number of rotatable bonds is 5. The van der Waals surface area contributed by atoms with Crippen LogP contribution in [-0.4, -0.2) is 74.5 Å². The van der Waals surface area contributed by atoms with Crippen molar-refractivity contribution in [2.75, 3.05) is 13.7 Å². The van der Waals surface area contributed by atoms with Crippen molar-refractivity contribution in [1.29, 1.82) is 0 Å². The number of hydrogen-bond acceptors (Lipinski definition) is 6. The van der Waals surface area contributed by atoms with E-state index in [1.807, 2.05) is 6.92 Å². The number of aliphatic hydroxyl groups is 1. The largest absolute Gasteiger partial charge is 0.481 e. The molecule has 9 nitrogen and oxygen atoms in total. The minimum atomic E-state index is -4.69. The Morgan fingerprint density at radius 3 is 2.57 bits per heavy atom. The summed E-state index contributed by atoms with van der Waals surface area (Å²) in [4.78, 5) is 31.3. The van der Waals surface area contributed by atoms with E-state index >= 15 is 0 Å².